The van der Waals surface area contributed by atoms with E-state index in [-0.39, 0.29) is 0 Å². The minimum Gasteiger partial charge on any atom is -0.443 e. The second-order valence-corrected chi connectivity index (χ2v) is 3.99. The van der Waals surface area contributed by atoms with Crippen molar-refractivity contribution in [2.75, 3.05) is 0 Å². The summed E-state index contributed by atoms with van der Waals surface area (Å²) < 4.78 is 5.01. The highest BCUT2D eigenvalue weighted by atomic mass is 16.3. The number of aliphatic imine (C=N–C) groups is 1. The van der Waals surface area contributed by atoms with E-state index < -0.39 is 0 Å². The van der Waals surface area contributed by atoms with Gasteiger partial charge < -0.3 is 4.42 Å². The van der Waals surface area contributed by atoms with E-state index in [4.69, 9.17) is 4.42 Å². The van der Waals surface area contributed by atoms with Gasteiger partial charge >= 0.3 is 0 Å². The molecule has 3 aromatic rings. The molecular formula is C15H12N2O. The third kappa shape index (κ3) is 2.15. The quantitative estimate of drug-likeness (QED) is 0.599. The molecule has 1 aliphatic heterocycles. The zero-order valence-corrected chi connectivity index (χ0v) is 9.78. The van der Waals surface area contributed by atoms with Crippen molar-refractivity contribution >= 4 is 17.3 Å². The standard InChI is InChI=1S/C8H7N.C7H5NO/c1-2-4-8-6-9-5-7(8)3-1;1-2-4-7-6(3-1)8-5-9-7/h1-5H,6H2;1-5H. The van der Waals surface area contributed by atoms with Crippen LogP contribution in [0.5, 0.6) is 0 Å². The van der Waals surface area contributed by atoms with Gasteiger partial charge in [-0.05, 0) is 23.3 Å². The van der Waals surface area contributed by atoms with E-state index >= 15 is 0 Å². The summed E-state index contributed by atoms with van der Waals surface area (Å²) in [5, 5.41) is 0. The second-order valence-electron chi connectivity index (χ2n) is 3.99. The minimum absolute atomic E-state index is 0.845. The van der Waals surface area contributed by atoms with Gasteiger partial charge in [0.15, 0.2) is 12.0 Å². The van der Waals surface area contributed by atoms with Crippen molar-refractivity contribution in [1.82, 2.24) is 4.98 Å². The lowest BCUT2D eigenvalue weighted by Gasteiger charge is -1.91. The van der Waals surface area contributed by atoms with Gasteiger partial charge in [0.2, 0.25) is 0 Å². The van der Waals surface area contributed by atoms with Gasteiger partial charge in [-0.15, -0.1) is 0 Å². The summed E-state index contributed by atoms with van der Waals surface area (Å²) in [6.07, 6.45) is 3.38. The number of benzene rings is 2. The average Bonchev–Trinajstić information content (AvgIpc) is 3.08. The second kappa shape index (κ2) is 4.84. The van der Waals surface area contributed by atoms with E-state index in [1.54, 1.807) is 0 Å². The molecule has 1 aromatic heterocycles. The fourth-order valence-corrected chi connectivity index (χ4v) is 1.85. The van der Waals surface area contributed by atoms with Gasteiger partial charge in [-0.3, -0.25) is 4.99 Å². The zero-order chi connectivity index (χ0) is 12.2. The van der Waals surface area contributed by atoms with Gasteiger partial charge in [-0.25, -0.2) is 4.98 Å². The van der Waals surface area contributed by atoms with Crippen LogP contribution in [-0.2, 0) is 6.54 Å². The smallest absolute Gasteiger partial charge is 0.181 e. The largest absolute Gasteiger partial charge is 0.443 e. The molecule has 0 saturated heterocycles. The third-order valence-electron chi connectivity index (χ3n) is 2.78. The first-order valence-corrected chi connectivity index (χ1v) is 5.79. The Morgan fingerprint density at radius 1 is 0.944 bits per heavy atom. The molecule has 0 saturated carbocycles. The highest BCUT2D eigenvalue weighted by Crippen LogP contribution is 2.12. The van der Waals surface area contributed by atoms with Crippen LogP contribution in [-0.4, -0.2) is 11.2 Å². The van der Waals surface area contributed by atoms with Crippen LogP contribution in [0, 0.1) is 0 Å². The zero-order valence-electron chi connectivity index (χ0n) is 9.78. The maximum absolute atomic E-state index is 5.01. The van der Waals surface area contributed by atoms with Crippen molar-refractivity contribution in [3.05, 3.63) is 66.1 Å². The van der Waals surface area contributed by atoms with Crippen LogP contribution in [0.3, 0.4) is 0 Å². The van der Waals surface area contributed by atoms with Crippen LogP contribution >= 0.6 is 0 Å². The van der Waals surface area contributed by atoms with Gasteiger partial charge in [-0.2, -0.15) is 0 Å². The molecule has 0 amide bonds. The molecule has 0 atom stereocenters. The van der Waals surface area contributed by atoms with Gasteiger partial charge in [0.25, 0.3) is 0 Å². The molecule has 0 unspecified atom stereocenters. The normalized spacial score (nSPS) is 12.0. The first-order chi connectivity index (χ1) is 8.93. The average molecular weight is 236 g/mol. The molecule has 0 fully saturated rings. The van der Waals surface area contributed by atoms with Crippen molar-refractivity contribution in [3.63, 3.8) is 0 Å². The summed E-state index contributed by atoms with van der Waals surface area (Å²) in [7, 11) is 0. The van der Waals surface area contributed by atoms with Crippen LogP contribution in [0.4, 0.5) is 0 Å². The molecular weight excluding hydrogens is 224 g/mol. The Labute approximate surface area is 105 Å². The Morgan fingerprint density at radius 3 is 2.67 bits per heavy atom. The van der Waals surface area contributed by atoms with E-state index in [0.717, 1.165) is 17.6 Å². The maximum Gasteiger partial charge on any atom is 0.181 e. The fraction of sp³-hybridized carbons (Fsp3) is 0.0667. The van der Waals surface area contributed by atoms with Gasteiger partial charge in [0, 0.05) is 6.21 Å². The number of hydrogen-bond acceptors (Lipinski definition) is 3. The van der Waals surface area contributed by atoms with Gasteiger partial charge in [0.1, 0.15) is 5.52 Å². The van der Waals surface area contributed by atoms with E-state index in [1.165, 1.54) is 17.5 Å². The minimum atomic E-state index is 0.845. The van der Waals surface area contributed by atoms with Crippen molar-refractivity contribution in [3.8, 4) is 0 Å². The Bertz CT molecular complexity index is 655. The lowest BCUT2D eigenvalue weighted by molar-refractivity contribution is 0.602. The Kier molecular flexibility index (Phi) is 2.88. The predicted octanol–water partition coefficient (Wildman–Crippen LogP) is 3.45. The van der Waals surface area contributed by atoms with E-state index in [0.29, 0.717) is 0 Å². The molecule has 0 bridgehead atoms. The molecule has 0 aliphatic carbocycles. The number of rotatable bonds is 0. The van der Waals surface area contributed by atoms with Crippen LogP contribution in [0.15, 0.2) is 64.3 Å². The monoisotopic (exact) mass is 236 g/mol. The SMILES string of the molecule is C1=NCc2ccccc21.c1ccc2ocnc2c1. The summed E-state index contributed by atoms with van der Waals surface area (Å²) in [5.41, 5.74) is 4.38. The predicted molar refractivity (Wildman–Crippen MR) is 71.7 cm³/mol. The third-order valence-corrected chi connectivity index (χ3v) is 2.78. The Morgan fingerprint density at radius 2 is 1.78 bits per heavy atom. The van der Waals surface area contributed by atoms with Crippen molar-refractivity contribution in [1.29, 1.82) is 0 Å². The summed E-state index contributed by atoms with van der Waals surface area (Å²) in [4.78, 5) is 8.08. The van der Waals surface area contributed by atoms with Crippen molar-refractivity contribution in [2.45, 2.75) is 6.54 Å². The van der Waals surface area contributed by atoms with Crippen molar-refractivity contribution < 1.29 is 4.42 Å². The summed E-state index contributed by atoms with van der Waals surface area (Å²) in [6, 6.07) is 16.0. The van der Waals surface area contributed by atoms with E-state index in [2.05, 4.69) is 22.1 Å². The molecule has 3 nitrogen and oxygen atoms in total. The Hall–Kier alpha value is -2.42. The number of hydrogen-bond donors (Lipinski definition) is 0. The summed E-state index contributed by atoms with van der Waals surface area (Å²) >= 11 is 0. The summed E-state index contributed by atoms with van der Waals surface area (Å²) in [5.74, 6) is 0. The van der Waals surface area contributed by atoms with Crippen LogP contribution in [0.25, 0.3) is 11.1 Å². The lowest BCUT2D eigenvalue weighted by Crippen LogP contribution is -1.79. The maximum atomic E-state index is 5.01. The molecule has 0 spiro atoms. The molecule has 3 heteroatoms. The number of fused-ring (bicyclic) bond motifs is 2. The molecule has 1 aliphatic rings. The molecule has 2 aromatic carbocycles. The first kappa shape index (κ1) is 10.7. The fourth-order valence-electron chi connectivity index (χ4n) is 1.85. The highest BCUT2D eigenvalue weighted by Gasteiger charge is 2.01. The molecule has 4 rings (SSSR count). The number of oxazole rings is 1. The van der Waals surface area contributed by atoms with Crippen LogP contribution in [0.2, 0.25) is 0 Å². The molecule has 18 heavy (non-hydrogen) atoms. The number of aromatic nitrogens is 1. The van der Waals surface area contributed by atoms with Gasteiger partial charge in [-0.1, -0.05) is 36.4 Å². The Balaban J connectivity index is 0.000000111. The molecule has 88 valence electrons. The molecule has 0 N–H and O–H groups in total. The van der Waals surface area contributed by atoms with Crippen LogP contribution in [0.1, 0.15) is 11.1 Å². The molecule has 0 radical (unpaired) electrons. The topological polar surface area (TPSA) is 38.4 Å². The van der Waals surface area contributed by atoms with Crippen LogP contribution < -0.4 is 0 Å². The van der Waals surface area contributed by atoms with E-state index in [9.17, 15) is 0 Å². The highest BCUT2D eigenvalue weighted by molar-refractivity contribution is 5.84. The number of nitrogens with zero attached hydrogens (tertiary/aromatic N) is 2. The van der Waals surface area contributed by atoms with Gasteiger partial charge in [0.05, 0.1) is 6.54 Å². The van der Waals surface area contributed by atoms with Crippen molar-refractivity contribution in [2.24, 2.45) is 4.99 Å². The summed E-state index contributed by atoms with van der Waals surface area (Å²) in [6.45, 7) is 0.871. The lowest BCUT2D eigenvalue weighted by atomic mass is 10.1. The number of para-hydroxylation sites is 2. The van der Waals surface area contributed by atoms with E-state index in [1.807, 2.05) is 42.6 Å². The first-order valence-electron chi connectivity index (χ1n) is 5.79. The molecule has 2 heterocycles.